The van der Waals surface area contributed by atoms with E-state index in [4.69, 9.17) is 0 Å². The number of unbranched alkanes of at least 4 members (excludes halogenated alkanes) is 9. The van der Waals surface area contributed by atoms with E-state index in [1.165, 1.54) is 105 Å². The summed E-state index contributed by atoms with van der Waals surface area (Å²) in [6.07, 6.45) is 14.2. The zero-order valence-corrected chi connectivity index (χ0v) is 22.6. The van der Waals surface area contributed by atoms with Gasteiger partial charge in [-0.1, -0.05) is 185 Å². The van der Waals surface area contributed by atoms with E-state index in [1.807, 2.05) is 0 Å². The minimum Gasteiger partial charge on any atom is -0.0654 e. The topological polar surface area (TPSA) is 0 Å². The van der Waals surface area contributed by atoms with E-state index in [0.717, 1.165) is 0 Å². The highest BCUT2D eigenvalue weighted by molar-refractivity contribution is 6.78. The Morgan fingerprint density at radius 3 is 1.09 bits per heavy atom. The quantitative estimate of drug-likeness (QED) is 0.136. The lowest BCUT2D eigenvalue weighted by atomic mass is 10.1. The van der Waals surface area contributed by atoms with Crippen LogP contribution in [0.25, 0.3) is 0 Å². The third kappa shape index (κ3) is 10.0. The van der Waals surface area contributed by atoms with Gasteiger partial charge >= 0.3 is 0 Å². The molecule has 1 heteroatoms. The van der Waals surface area contributed by atoms with Crippen LogP contribution in [0.3, 0.4) is 0 Å². The van der Waals surface area contributed by atoms with Crippen molar-refractivity contribution < 1.29 is 0 Å². The SMILES string of the molecule is CCCCCCCCCCCC[Si](Cc1ccccc1)(Cc1ccccc1)Cc1ccccc1. The second kappa shape index (κ2) is 15.7. The smallest absolute Gasteiger partial charge is 0.0654 e. The van der Waals surface area contributed by atoms with Crippen molar-refractivity contribution in [2.45, 2.75) is 95.3 Å². The summed E-state index contributed by atoms with van der Waals surface area (Å²) in [6.45, 7) is 2.30. The first-order valence-electron chi connectivity index (χ1n) is 13.9. The Bertz CT molecular complexity index is 771. The normalized spacial score (nSPS) is 11.6. The Balaban J connectivity index is 1.65. The van der Waals surface area contributed by atoms with Crippen LogP contribution in [-0.4, -0.2) is 8.07 Å². The van der Waals surface area contributed by atoms with Gasteiger partial charge in [0, 0.05) is 0 Å². The second-order valence-corrected chi connectivity index (χ2v) is 15.0. The van der Waals surface area contributed by atoms with Gasteiger partial charge in [0.15, 0.2) is 0 Å². The highest BCUT2D eigenvalue weighted by Gasteiger charge is 2.33. The fourth-order valence-electron chi connectivity index (χ4n) is 5.53. The molecule has 0 aromatic heterocycles. The molecule has 3 aromatic carbocycles. The molecule has 0 spiro atoms. The van der Waals surface area contributed by atoms with Gasteiger partial charge in [-0.3, -0.25) is 0 Å². The molecular weight excluding hydrogens is 424 g/mol. The van der Waals surface area contributed by atoms with Crippen LogP contribution in [0.5, 0.6) is 0 Å². The molecule has 3 aromatic rings. The molecule has 0 radical (unpaired) electrons. The zero-order valence-electron chi connectivity index (χ0n) is 21.6. The molecule has 0 fully saturated rings. The number of hydrogen-bond donors (Lipinski definition) is 0. The van der Waals surface area contributed by atoms with E-state index in [-0.39, 0.29) is 0 Å². The molecule has 0 saturated carbocycles. The molecular formula is C33H46Si. The molecule has 0 aliphatic carbocycles. The Labute approximate surface area is 210 Å². The van der Waals surface area contributed by atoms with E-state index in [2.05, 4.69) is 97.9 Å². The Hall–Kier alpha value is -2.12. The average Bonchev–Trinajstić information content (AvgIpc) is 2.87. The fourth-order valence-corrected chi connectivity index (χ4v) is 10.7. The van der Waals surface area contributed by atoms with Crippen molar-refractivity contribution in [2.24, 2.45) is 0 Å². The van der Waals surface area contributed by atoms with Gasteiger partial charge < -0.3 is 0 Å². The first-order valence-corrected chi connectivity index (χ1v) is 16.7. The second-order valence-electron chi connectivity index (χ2n) is 10.4. The average molecular weight is 471 g/mol. The van der Waals surface area contributed by atoms with Crippen LogP contribution in [-0.2, 0) is 18.1 Å². The molecule has 0 saturated heterocycles. The summed E-state index contributed by atoms with van der Waals surface area (Å²) in [4.78, 5) is 0. The fraction of sp³-hybridized carbons (Fsp3) is 0.455. The molecule has 0 amide bonds. The lowest BCUT2D eigenvalue weighted by molar-refractivity contribution is 0.561. The summed E-state index contributed by atoms with van der Waals surface area (Å²) >= 11 is 0. The van der Waals surface area contributed by atoms with Crippen LogP contribution >= 0.6 is 0 Å². The number of hydrogen-bond acceptors (Lipinski definition) is 0. The summed E-state index contributed by atoms with van der Waals surface area (Å²) in [6, 6.07) is 39.2. The molecule has 34 heavy (non-hydrogen) atoms. The van der Waals surface area contributed by atoms with Gasteiger partial charge in [0.1, 0.15) is 0 Å². The molecule has 3 rings (SSSR count). The van der Waals surface area contributed by atoms with Gasteiger partial charge in [-0.25, -0.2) is 0 Å². The van der Waals surface area contributed by atoms with Crippen molar-refractivity contribution in [1.82, 2.24) is 0 Å². The first kappa shape index (κ1) is 26.5. The van der Waals surface area contributed by atoms with E-state index in [0.29, 0.717) is 0 Å². The van der Waals surface area contributed by atoms with E-state index >= 15 is 0 Å². The minimum absolute atomic E-state index is 1.29. The molecule has 0 aliphatic heterocycles. The van der Waals surface area contributed by atoms with Crippen molar-refractivity contribution in [3.63, 3.8) is 0 Å². The Kier molecular flexibility index (Phi) is 12.2. The van der Waals surface area contributed by atoms with Crippen LogP contribution in [0, 0.1) is 0 Å². The summed E-state index contributed by atoms with van der Waals surface area (Å²) in [7, 11) is -1.61. The summed E-state index contributed by atoms with van der Waals surface area (Å²) < 4.78 is 0. The third-order valence-corrected chi connectivity index (χ3v) is 12.2. The predicted octanol–water partition coefficient (Wildman–Crippen LogP) is 9.70. The van der Waals surface area contributed by atoms with Gasteiger partial charge in [-0.2, -0.15) is 0 Å². The van der Waals surface area contributed by atoms with Crippen molar-refractivity contribution >= 4 is 8.07 Å². The minimum atomic E-state index is -1.61. The van der Waals surface area contributed by atoms with Crippen LogP contribution in [0.15, 0.2) is 91.0 Å². The summed E-state index contributed by atoms with van der Waals surface area (Å²) in [5.41, 5.74) is 4.61. The van der Waals surface area contributed by atoms with Gasteiger partial charge in [0.25, 0.3) is 0 Å². The Morgan fingerprint density at radius 1 is 0.412 bits per heavy atom. The van der Waals surface area contributed by atoms with Crippen LogP contribution in [0.1, 0.15) is 87.8 Å². The predicted molar refractivity (Wildman–Crippen MR) is 153 cm³/mol. The lowest BCUT2D eigenvalue weighted by Gasteiger charge is -2.33. The van der Waals surface area contributed by atoms with E-state index in [9.17, 15) is 0 Å². The monoisotopic (exact) mass is 470 g/mol. The maximum absolute atomic E-state index is 2.36. The van der Waals surface area contributed by atoms with E-state index in [1.54, 1.807) is 0 Å². The molecule has 0 bridgehead atoms. The first-order chi connectivity index (χ1) is 16.8. The number of rotatable bonds is 17. The maximum atomic E-state index is 2.36. The molecule has 182 valence electrons. The summed E-state index contributed by atoms with van der Waals surface area (Å²) in [5, 5.41) is 0. The molecule has 0 atom stereocenters. The maximum Gasteiger partial charge on any atom is 0.0666 e. The van der Waals surface area contributed by atoms with E-state index < -0.39 is 8.07 Å². The van der Waals surface area contributed by atoms with Crippen LogP contribution in [0.4, 0.5) is 0 Å². The highest BCUT2D eigenvalue weighted by atomic mass is 28.3. The highest BCUT2D eigenvalue weighted by Crippen LogP contribution is 2.29. The van der Waals surface area contributed by atoms with Gasteiger partial charge in [-0.15, -0.1) is 0 Å². The molecule has 0 aliphatic rings. The number of benzene rings is 3. The molecule has 0 N–H and O–H groups in total. The van der Waals surface area contributed by atoms with Crippen molar-refractivity contribution in [1.29, 1.82) is 0 Å². The van der Waals surface area contributed by atoms with Crippen molar-refractivity contribution in [3.05, 3.63) is 108 Å². The van der Waals surface area contributed by atoms with Crippen molar-refractivity contribution in [2.75, 3.05) is 0 Å². The van der Waals surface area contributed by atoms with Gasteiger partial charge in [0.2, 0.25) is 0 Å². The standard InChI is InChI=1S/C33H46Si/c1-2-3-4-5-6-7-8-9-10-20-27-34(28-31-21-14-11-15-22-31,29-32-23-16-12-17-24-32)30-33-25-18-13-19-26-33/h11-19,21-26H,2-10,20,27-30H2,1H3. The zero-order chi connectivity index (χ0) is 23.7. The molecule has 0 nitrogen and oxygen atoms in total. The van der Waals surface area contributed by atoms with Crippen molar-refractivity contribution in [3.8, 4) is 0 Å². The molecule has 0 unspecified atom stereocenters. The molecule has 0 heterocycles. The van der Waals surface area contributed by atoms with Crippen LogP contribution in [0.2, 0.25) is 6.04 Å². The van der Waals surface area contributed by atoms with Gasteiger partial charge in [0.05, 0.1) is 8.07 Å². The third-order valence-electron chi connectivity index (χ3n) is 7.33. The largest absolute Gasteiger partial charge is 0.0666 e. The Morgan fingerprint density at radius 2 is 0.735 bits per heavy atom. The lowest BCUT2D eigenvalue weighted by Crippen LogP contribution is -2.43. The van der Waals surface area contributed by atoms with Crippen LogP contribution < -0.4 is 0 Å². The summed E-state index contributed by atoms with van der Waals surface area (Å²) in [5.74, 6) is 0. The van der Waals surface area contributed by atoms with Gasteiger partial charge in [-0.05, 0) is 18.1 Å².